The van der Waals surface area contributed by atoms with E-state index in [-0.39, 0.29) is 0 Å². The summed E-state index contributed by atoms with van der Waals surface area (Å²) in [6.07, 6.45) is 2.91. The van der Waals surface area contributed by atoms with Crippen LogP contribution < -0.4 is 9.47 Å². The van der Waals surface area contributed by atoms with Crippen LogP contribution in [0.25, 0.3) is 5.57 Å². The summed E-state index contributed by atoms with van der Waals surface area (Å²) < 4.78 is 10.5. The van der Waals surface area contributed by atoms with Crippen molar-refractivity contribution in [2.24, 2.45) is 5.92 Å². The van der Waals surface area contributed by atoms with Crippen molar-refractivity contribution in [2.45, 2.75) is 46.5 Å². The van der Waals surface area contributed by atoms with Gasteiger partial charge in [-0.25, -0.2) is 0 Å². The van der Waals surface area contributed by atoms with E-state index >= 15 is 0 Å². The van der Waals surface area contributed by atoms with Gasteiger partial charge in [-0.3, -0.25) is 4.79 Å². The van der Waals surface area contributed by atoms with Gasteiger partial charge in [0.05, 0.1) is 14.2 Å². The summed E-state index contributed by atoms with van der Waals surface area (Å²) >= 11 is 0. The zero-order chi connectivity index (χ0) is 24.1. The van der Waals surface area contributed by atoms with Gasteiger partial charge in [-0.15, -0.1) is 0 Å². The summed E-state index contributed by atoms with van der Waals surface area (Å²) in [6.45, 7) is 9.59. The van der Waals surface area contributed by atoms with Gasteiger partial charge in [0.15, 0.2) is 0 Å². The third-order valence-corrected chi connectivity index (χ3v) is 5.73. The first kappa shape index (κ1) is 27.4. The standard InChI is InChI=1S/C15H25NO.C13H16O2/c1-6-15(12(2)11-16(3)4)13-8-7-9-14(10-13)17-5;1-4-13(10(2)9-14)11-6-5-7-12(8-11)15-3/h7-10,12,15H,6,11H2,1-5H3;5-9H,4H2,1-3H3/b;13-10+. The maximum atomic E-state index is 10.7. The number of ether oxygens (including phenoxy) is 2. The second kappa shape index (κ2) is 14.5. The molecule has 0 aliphatic heterocycles. The van der Waals surface area contributed by atoms with Crippen molar-refractivity contribution in [2.75, 3.05) is 34.9 Å². The van der Waals surface area contributed by atoms with Gasteiger partial charge in [0.25, 0.3) is 0 Å². The van der Waals surface area contributed by atoms with Gasteiger partial charge in [-0.1, -0.05) is 45.0 Å². The zero-order valence-electron chi connectivity index (χ0n) is 21.1. The molecule has 0 fully saturated rings. The van der Waals surface area contributed by atoms with E-state index in [4.69, 9.17) is 9.47 Å². The summed E-state index contributed by atoms with van der Waals surface area (Å²) in [4.78, 5) is 13.0. The molecule has 32 heavy (non-hydrogen) atoms. The van der Waals surface area contributed by atoms with Crippen LogP contribution in [0.1, 0.15) is 57.6 Å². The molecule has 0 aliphatic rings. The van der Waals surface area contributed by atoms with E-state index in [2.05, 4.69) is 51.0 Å². The van der Waals surface area contributed by atoms with Gasteiger partial charge in [0, 0.05) is 6.54 Å². The molecule has 0 bridgehead atoms. The Labute approximate surface area is 195 Å². The molecule has 2 atom stereocenters. The highest BCUT2D eigenvalue weighted by Crippen LogP contribution is 2.30. The summed E-state index contributed by atoms with van der Waals surface area (Å²) in [7, 11) is 7.63. The molecular formula is C28H41NO3. The number of nitrogens with zero attached hydrogens (tertiary/aromatic N) is 1. The Morgan fingerprint density at radius 1 is 1.00 bits per heavy atom. The van der Waals surface area contributed by atoms with Gasteiger partial charge in [-0.2, -0.15) is 0 Å². The van der Waals surface area contributed by atoms with Gasteiger partial charge in [0.2, 0.25) is 0 Å². The summed E-state index contributed by atoms with van der Waals surface area (Å²) in [6, 6.07) is 16.2. The molecule has 2 aromatic rings. The average Bonchev–Trinajstić information content (AvgIpc) is 2.80. The third-order valence-electron chi connectivity index (χ3n) is 5.73. The zero-order valence-corrected chi connectivity index (χ0v) is 21.1. The van der Waals surface area contributed by atoms with Gasteiger partial charge < -0.3 is 14.4 Å². The highest BCUT2D eigenvalue weighted by molar-refractivity contribution is 5.87. The first-order valence-corrected chi connectivity index (χ1v) is 11.4. The van der Waals surface area contributed by atoms with Crippen molar-refractivity contribution >= 4 is 11.9 Å². The summed E-state index contributed by atoms with van der Waals surface area (Å²) in [5, 5.41) is 0. The molecule has 0 radical (unpaired) electrons. The number of benzene rings is 2. The molecule has 0 aliphatic carbocycles. The van der Waals surface area contributed by atoms with Crippen LogP contribution in [0.15, 0.2) is 54.1 Å². The number of carbonyl (C=O) groups excluding carboxylic acids is 1. The lowest BCUT2D eigenvalue weighted by Gasteiger charge is -2.26. The summed E-state index contributed by atoms with van der Waals surface area (Å²) in [5.41, 5.74) is 4.30. The van der Waals surface area contributed by atoms with Crippen LogP contribution in [0.3, 0.4) is 0 Å². The highest BCUT2D eigenvalue weighted by atomic mass is 16.5. The fourth-order valence-corrected chi connectivity index (χ4v) is 4.13. The van der Waals surface area contributed by atoms with E-state index in [1.807, 2.05) is 44.2 Å². The van der Waals surface area contributed by atoms with Crippen molar-refractivity contribution < 1.29 is 14.3 Å². The minimum absolute atomic E-state index is 0.604. The van der Waals surface area contributed by atoms with E-state index in [0.717, 1.165) is 47.5 Å². The van der Waals surface area contributed by atoms with E-state index in [9.17, 15) is 4.79 Å². The van der Waals surface area contributed by atoms with Crippen molar-refractivity contribution in [3.05, 3.63) is 65.2 Å². The van der Waals surface area contributed by atoms with Crippen LogP contribution >= 0.6 is 0 Å². The molecule has 0 saturated carbocycles. The third kappa shape index (κ3) is 8.51. The lowest BCUT2D eigenvalue weighted by atomic mass is 9.85. The Kier molecular flexibility index (Phi) is 12.4. The molecule has 0 N–H and O–H groups in total. The number of hydrogen-bond donors (Lipinski definition) is 0. The normalized spacial score (nSPS) is 13.4. The topological polar surface area (TPSA) is 38.8 Å². The van der Waals surface area contributed by atoms with Gasteiger partial charge in [0.1, 0.15) is 17.8 Å². The lowest BCUT2D eigenvalue weighted by Crippen LogP contribution is -2.24. The predicted molar refractivity (Wildman–Crippen MR) is 136 cm³/mol. The summed E-state index contributed by atoms with van der Waals surface area (Å²) in [5.74, 6) is 3.03. The fraction of sp³-hybridized carbons (Fsp3) is 0.464. The molecule has 2 aromatic carbocycles. The minimum Gasteiger partial charge on any atom is -0.497 e. The van der Waals surface area contributed by atoms with Gasteiger partial charge >= 0.3 is 0 Å². The molecule has 2 unspecified atom stereocenters. The van der Waals surface area contributed by atoms with Crippen molar-refractivity contribution in [3.8, 4) is 11.5 Å². The number of aldehydes is 1. The Balaban J connectivity index is 0.000000323. The smallest absolute Gasteiger partial charge is 0.146 e. The number of methoxy groups -OCH3 is 2. The second-order valence-electron chi connectivity index (χ2n) is 8.40. The first-order valence-electron chi connectivity index (χ1n) is 11.4. The van der Waals surface area contributed by atoms with Crippen molar-refractivity contribution in [3.63, 3.8) is 0 Å². The lowest BCUT2D eigenvalue weighted by molar-refractivity contribution is -0.104. The Morgan fingerprint density at radius 2 is 1.59 bits per heavy atom. The van der Waals surface area contributed by atoms with Gasteiger partial charge in [-0.05, 0) is 92.2 Å². The number of allylic oxidation sites excluding steroid dienone is 2. The number of rotatable bonds is 10. The van der Waals surface area contributed by atoms with Crippen molar-refractivity contribution in [1.29, 1.82) is 0 Å². The van der Waals surface area contributed by atoms with E-state index in [1.54, 1.807) is 14.2 Å². The molecule has 0 heterocycles. The van der Waals surface area contributed by atoms with Crippen LogP contribution in [-0.4, -0.2) is 46.0 Å². The van der Waals surface area contributed by atoms with Crippen molar-refractivity contribution in [1.82, 2.24) is 4.90 Å². The second-order valence-corrected chi connectivity index (χ2v) is 8.40. The largest absolute Gasteiger partial charge is 0.497 e. The quantitative estimate of drug-likeness (QED) is 0.314. The number of hydrogen-bond acceptors (Lipinski definition) is 4. The number of carbonyl (C=O) groups is 1. The monoisotopic (exact) mass is 439 g/mol. The molecule has 0 saturated heterocycles. The van der Waals surface area contributed by atoms with E-state index in [0.29, 0.717) is 11.8 Å². The maximum Gasteiger partial charge on any atom is 0.146 e. The Morgan fingerprint density at radius 3 is 2.09 bits per heavy atom. The van der Waals surface area contributed by atoms with Crippen LogP contribution in [0.2, 0.25) is 0 Å². The molecule has 0 aromatic heterocycles. The molecule has 0 spiro atoms. The Bertz CT molecular complexity index is 857. The molecule has 4 nitrogen and oxygen atoms in total. The molecule has 0 amide bonds. The average molecular weight is 440 g/mol. The molecular weight excluding hydrogens is 398 g/mol. The fourth-order valence-electron chi connectivity index (χ4n) is 4.13. The maximum absolute atomic E-state index is 10.7. The molecule has 2 rings (SSSR count). The predicted octanol–water partition coefficient (Wildman–Crippen LogP) is 6.46. The first-order chi connectivity index (χ1) is 15.3. The van der Waals surface area contributed by atoms with Crippen LogP contribution in [0.5, 0.6) is 11.5 Å². The van der Waals surface area contributed by atoms with Crippen LogP contribution in [0.4, 0.5) is 0 Å². The molecule has 4 heteroatoms. The minimum atomic E-state index is 0.604. The van der Waals surface area contributed by atoms with Crippen LogP contribution in [-0.2, 0) is 4.79 Å². The Hall–Kier alpha value is -2.59. The van der Waals surface area contributed by atoms with E-state index < -0.39 is 0 Å². The van der Waals surface area contributed by atoms with E-state index in [1.165, 1.54) is 12.0 Å². The van der Waals surface area contributed by atoms with Crippen LogP contribution in [0, 0.1) is 5.92 Å². The molecule has 176 valence electrons. The highest BCUT2D eigenvalue weighted by Gasteiger charge is 2.18. The SMILES string of the molecule is CC/C(=C(/C)C=O)c1cccc(OC)c1.CCC(c1cccc(OC)c1)C(C)CN(C)C.